The van der Waals surface area contributed by atoms with E-state index in [1.165, 1.54) is 6.92 Å². The predicted octanol–water partition coefficient (Wildman–Crippen LogP) is 1.53. The average Bonchev–Trinajstić information content (AvgIpc) is 2.16. The molecule has 14 heavy (non-hydrogen) atoms. The van der Waals surface area contributed by atoms with Crippen LogP contribution in [0.2, 0.25) is 0 Å². The number of carbonyl (C=O) groups is 1. The fourth-order valence-corrected chi connectivity index (χ4v) is 0.776. The molecule has 1 aromatic rings. The van der Waals surface area contributed by atoms with Gasteiger partial charge in [-0.15, -0.1) is 0 Å². The molecule has 0 saturated carbocycles. The third-order valence-electron chi connectivity index (χ3n) is 1.29. The van der Waals surface area contributed by atoms with E-state index in [1.54, 1.807) is 24.3 Å². The summed E-state index contributed by atoms with van der Waals surface area (Å²) in [6.45, 7) is 1.52. The molecular weight excluding hydrogens is 182 g/mol. The lowest BCUT2D eigenvalue weighted by atomic mass is 10.3. The van der Waals surface area contributed by atoms with Gasteiger partial charge in [0, 0.05) is 5.69 Å². The zero-order valence-electron chi connectivity index (χ0n) is 7.73. The first-order valence-corrected chi connectivity index (χ1v) is 4.01. The Labute approximate surface area is 81.5 Å². The van der Waals surface area contributed by atoms with E-state index in [0.29, 0.717) is 5.69 Å². The van der Waals surface area contributed by atoms with Crippen molar-refractivity contribution >= 4 is 17.6 Å². The molecular formula is C9H11N3O2. The highest BCUT2D eigenvalue weighted by molar-refractivity contribution is 5.85. The summed E-state index contributed by atoms with van der Waals surface area (Å²) in [7, 11) is 0. The molecule has 0 aliphatic rings. The van der Waals surface area contributed by atoms with Crippen molar-refractivity contribution in [2.45, 2.75) is 6.92 Å². The minimum Gasteiger partial charge on any atom is -0.385 e. The summed E-state index contributed by atoms with van der Waals surface area (Å²) < 4.78 is 0. The minimum atomic E-state index is -0.666. The standard InChI is InChI=1S/C9H11N3O2/c1-7(10)12-14-9(13)11-8-5-3-2-4-6-8/h2-6H,1H3,(H2,10,12)(H,11,13). The van der Waals surface area contributed by atoms with Crippen molar-refractivity contribution in [1.29, 1.82) is 0 Å². The quantitative estimate of drug-likeness (QED) is 0.323. The first-order chi connectivity index (χ1) is 6.68. The third kappa shape index (κ3) is 3.57. The second-order valence-electron chi connectivity index (χ2n) is 2.60. The Balaban J connectivity index is 2.46. The number of amides is 1. The predicted molar refractivity (Wildman–Crippen MR) is 53.8 cm³/mol. The number of hydrogen-bond acceptors (Lipinski definition) is 3. The number of oxime groups is 1. The van der Waals surface area contributed by atoms with Crippen LogP contribution in [0.5, 0.6) is 0 Å². The van der Waals surface area contributed by atoms with Gasteiger partial charge in [0.2, 0.25) is 0 Å². The fourth-order valence-electron chi connectivity index (χ4n) is 0.776. The molecule has 0 bridgehead atoms. The highest BCUT2D eigenvalue weighted by Gasteiger charge is 2.00. The number of hydrogen-bond donors (Lipinski definition) is 2. The number of anilines is 1. The lowest BCUT2D eigenvalue weighted by Crippen LogP contribution is -2.13. The van der Waals surface area contributed by atoms with Crippen molar-refractivity contribution in [3.8, 4) is 0 Å². The molecule has 0 spiro atoms. The highest BCUT2D eigenvalue weighted by Crippen LogP contribution is 2.04. The molecule has 0 aromatic heterocycles. The van der Waals surface area contributed by atoms with Gasteiger partial charge in [-0.05, 0) is 19.1 Å². The van der Waals surface area contributed by atoms with Crippen LogP contribution in [0.3, 0.4) is 0 Å². The number of nitrogens with two attached hydrogens (primary N) is 1. The summed E-state index contributed by atoms with van der Waals surface area (Å²) in [4.78, 5) is 15.4. The van der Waals surface area contributed by atoms with Crippen LogP contribution in [-0.2, 0) is 4.84 Å². The van der Waals surface area contributed by atoms with E-state index in [4.69, 9.17) is 5.73 Å². The minimum absolute atomic E-state index is 0.188. The Morgan fingerprint density at radius 2 is 2.07 bits per heavy atom. The number of carbonyl (C=O) groups excluding carboxylic acids is 1. The molecule has 74 valence electrons. The Bertz CT molecular complexity index is 331. The Kier molecular flexibility index (Phi) is 3.49. The molecule has 5 nitrogen and oxygen atoms in total. The first-order valence-electron chi connectivity index (χ1n) is 4.01. The molecule has 0 fully saturated rings. The largest absolute Gasteiger partial charge is 0.437 e. The van der Waals surface area contributed by atoms with Crippen molar-refractivity contribution < 1.29 is 9.63 Å². The first kappa shape index (κ1) is 10.0. The lowest BCUT2D eigenvalue weighted by molar-refractivity contribution is 0.166. The van der Waals surface area contributed by atoms with E-state index in [1.807, 2.05) is 6.07 Å². The van der Waals surface area contributed by atoms with Crippen LogP contribution in [0.1, 0.15) is 6.92 Å². The van der Waals surface area contributed by atoms with Gasteiger partial charge in [0.1, 0.15) is 5.84 Å². The van der Waals surface area contributed by atoms with E-state index >= 15 is 0 Å². The summed E-state index contributed by atoms with van der Waals surface area (Å²) in [6.07, 6.45) is -0.666. The van der Waals surface area contributed by atoms with Crippen LogP contribution in [0.15, 0.2) is 35.5 Å². The van der Waals surface area contributed by atoms with Crippen LogP contribution in [0.4, 0.5) is 10.5 Å². The van der Waals surface area contributed by atoms with E-state index < -0.39 is 6.09 Å². The molecule has 3 N–H and O–H groups in total. The van der Waals surface area contributed by atoms with Crippen LogP contribution in [-0.4, -0.2) is 11.9 Å². The van der Waals surface area contributed by atoms with Crippen molar-refractivity contribution in [2.24, 2.45) is 10.9 Å². The molecule has 0 aliphatic heterocycles. The molecule has 0 unspecified atom stereocenters. The third-order valence-corrected chi connectivity index (χ3v) is 1.29. The number of nitrogens with one attached hydrogen (secondary N) is 1. The second kappa shape index (κ2) is 4.86. The highest BCUT2D eigenvalue weighted by atomic mass is 16.7. The zero-order chi connectivity index (χ0) is 10.4. The Morgan fingerprint density at radius 1 is 1.43 bits per heavy atom. The van der Waals surface area contributed by atoms with Gasteiger partial charge < -0.3 is 5.73 Å². The van der Waals surface area contributed by atoms with Gasteiger partial charge in [0.05, 0.1) is 0 Å². The van der Waals surface area contributed by atoms with Crippen LogP contribution >= 0.6 is 0 Å². The van der Waals surface area contributed by atoms with Crippen molar-refractivity contribution in [2.75, 3.05) is 5.32 Å². The normalized spacial score (nSPS) is 10.8. The topological polar surface area (TPSA) is 76.7 Å². The van der Waals surface area contributed by atoms with E-state index in [0.717, 1.165) is 0 Å². The molecule has 1 aromatic carbocycles. The summed E-state index contributed by atoms with van der Waals surface area (Å²) in [5.41, 5.74) is 5.82. The Morgan fingerprint density at radius 3 is 2.64 bits per heavy atom. The van der Waals surface area contributed by atoms with E-state index in [2.05, 4.69) is 15.3 Å². The summed E-state index contributed by atoms with van der Waals surface area (Å²) in [6, 6.07) is 8.92. The van der Waals surface area contributed by atoms with Gasteiger partial charge in [-0.1, -0.05) is 23.4 Å². The zero-order valence-corrected chi connectivity index (χ0v) is 7.73. The number of rotatable bonds is 2. The smallest absolute Gasteiger partial charge is 0.385 e. The van der Waals surface area contributed by atoms with Crippen molar-refractivity contribution in [3.63, 3.8) is 0 Å². The molecule has 1 amide bonds. The van der Waals surface area contributed by atoms with Gasteiger partial charge in [0.15, 0.2) is 0 Å². The average molecular weight is 193 g/mol. The molecule has 5 heteroatoms. The van der Waals surface area contributed by atoms with Gasteiger partial charge in [-0.25, -0.2) is 4.79 Å². The summed E-state index contributed by atoms with van der Waals surface area (Å²) in [5.74, 6) is 0.188. The van der Waals surface area contributed by atoms with Crippen LogP contribution in [0.25, 0.3) is 0 Å². The van der Waals surface area contributed by atoms with Gasteiger partial charge in [0.25, 0.3) is 0 Å². The fraction of sp³-hybridized carbons (Fsp3) is 0.111. The second-order valence-corrected chi connectivity index (χ2v) is 2.60. The molecule has 0 atom stereocenters. The monoisotopic (exact) mass is 193 g/mol. The molecule has 0 radical (unpaired) electrons. The van der Waals surface area contributed by atoms with Gasteiger partial charge in [-0.3, -0.25) is 10.2 Å². The number of benzene rings is 1. The molecule has 0 heterocycles. The number of amidine groups is 1. The SMILES string of the molecule is C/C(N)=N/OC(=O)Nc1ccccc1. The van der Waals surface area contributed by atoms with Crippen LogP contribution < -0.4 is 11.1 Å². The lowest BCUT2D eigenvalue weighted by Gasteiger charge is -2.01. The van der Waals surface area contributed by atoms with Gasteiger partial charge in [-0.2, -0.15) is 0 Å². The maximum atomic E-state index is 11.0. The Hall–Kier alpha value is -2.04. The molecule has 1 rings (SSSR count). The van der Waals surface area contributed by atoms with E-state index in [9.17, 15) is 4.79 Å². The maximum absolute atomic E-state index is 11.0. The number of nitrogens with zero attached hydrogens (tertiary/aromatic N) is 1. The maximum Gasteiger partial charge on any atom is 0.437 e. The van der Waals surface area contributed by atoms with Crippen molar-refractivity contribution in [3.05, 3.63) is 30.3 Å². The summed E-state index contributed by atoms with van der Waals surface area (Å²) in [5, 5.41) is 5.78. The van der Waals surface area contributed by atoms with Crippen molar-refractivity contribution in [1.82, 2.24) is 0 Å². The number of para-hydroxylation sites is 1. The molecule has 0 aliphatic carbocycles. The molecule has 0 saturated heterocycles. The van der Waals surface area contributed by atoms with Crippen LogP contribution in [0, 0.1) is 0 Å². The van der Waals surface area contributed by atoms with Gasteiger partial charge >= 0.3 is 6.09 Å². The summed E-state index contributed by atoms with van der Waals surface area (Å²) >= 11 is 0. The van der Waals surface area contributed by atoms with E-state index in [-0.39, 0.29) is 5.84 Å².